The third kappa shape index (κ3) is 21.1. The fraction of sp³-hybridized carbons (Fsp3) is 0.758. The second kappa shape index (κ2) is 24.3. The molecule has 0 bridgehead atoms. The van der Waals surface area contributed by atoms with Gasteiger partial charge >= 0.3 is 12.1 Å². The molecule has 0 aliphatic carbocycles. The maximum Gasteiger partial charge on any atom is 0.408 e. The molecule has 0 heterocycles. The molecule has 51 heavy (non-hydrogen) atoms. The molecular weight excluding hydrogens is 686 g/mol. The number of aliphatic carboxylic acids is 1. The number of amides is 6. The van der Waals surface area contributed by atoms with E-state index in [-0.39, 0.29) is 24.5 Å². The second-order valence-corrected chi connectivity index (χ2v) is 14.5. The lowest BCUT2D eigenvalue weighted by Gasteiger charge is -2.25. The molecule has 292 valence electrons. The zero-order valence-electron chi connectivity index (χ0n) is 30.6. The molecule has 0 saturated carbocycles. The van der Waals surface area contributed by atoms with Crippen molar-refractivity contribution in [2.75, 3.05) is 18.1 Å². The van der Waals surface area contributed by atoms with E-state index in [1.165, 1.54) is 39.0 Å². The molecule has 0 saturated heterocycles. The van der Waals surface area contributed by atoms with E-state index in [9.17, 15) is 43.5 Å². The van der Waals surface area contributed by atoms with Gasteiger partial charge in [0.1, 0.15) is 30.3 Å². The van der Waals surface area contributed by atoms with Crippen LogP contribution in [0.3, 0.4) is 0 Å². The maximum absolute atomic E-state index is 13.0. The maximum atomic E-state index is 13.0. The molecule has 0 spiro atoms. The van der Waals surface area contributed by atoms with Gasteiger partial charge in [-0.1, -0.05) is 58.3 Å². The molecule has 0 aromatic rings. The standard InChI is InChI=1S/C33H59N7O10S/c1-6-7-8-9-10-11-12-13-14-15-25(42)38-21(2)29(46)40-22(27(34)44)16-17-24(41)33(36,30(47)48)20-51-19-23(28(35)45)39-26(43)18-37-31(49)50-32(3,4)5/h21-23H,6-20,36H2,1-5H3,(H2,34,44)(H2,35,45)(H,37,49)(H,38,42)(H,39,43)(H,40,46)(H,47,48)/t21-,22+,23?,33?/m0/s1. The van der Waals surface area contributed by atoms with Crippen molar-refractivity contribution < 1.29 is 48.2 Å². The van der Waals surface area contributed by atoms with Crippen LogP contribution in [0, 0.1) is 0 Å². The number of hydrogen-bond donors (Lipinski definition) is 8. The minimum Gasteiger partial charge on any atom is -0.480 e. The summed E-state index contributed by atoms with van der Waals surface area (Å²) in [6, 6.07) is -3.69. The van der Waals surface area contributed by atoms with Crippen molar-refractivity contribution in [2.45, 2.75) is 141 Å². The number of primary amides is 2. The minimum absolute atomic E-state index is 0.241. The fourth-order valence-electron chi connectivity index (χ4n) is 4.56. The van der Waals surface area contributed by atoms with Gasteiger partial charge in [0, 0.05) is 24.3 Å². The number of nitrogens with two attached hydrogens (primary N) is 3. The Balaban J connectivity index is 4.93. The Labute approximate surface area is 304 Å². The molecule has 0 fully saturated rings. The number of carboxylic acids is 1. The highest BCUT2D eigenvalue weighted by Gasteiger charge is 2.42. The summed E-state index contributed by atoms with van der Waals surface area (Å²) in [5, 5.41) is 19.2. The first-order chi connectivity index (χ1) is 23.7. The van der Waals surface area contributed by atoms with Gasteiger partial charge in [0.25, 0.3) is 0 Å². The Morgan fingerprint density at radius 3 is 1.82 bits per heavy atom. The lowest BCUT2D eigenvalue weighted by Crippen LogP contribution is -2.58. The van der Waals surface area contributed by atoms with Crippen LogP contribution in [-0.2, 0) is 38.3 Å². The normalized spacial score (nSPS) is 14.2. The number of carbonyl (C=O) groups excluding carboxylic acids is 7. The average Bonchev–Trinajstić information content (AvgIpc) is 3.02. The van der Waals surface area contributed by atoms with Gasteiger partial charge < -0.3 is 48.3 Å². The van der Waals surface area contributed by atoms with Gasteiger partial charge in [-0.05, 0) is 40.5 Å². The molecule has 6 amide bonds. The SMILES string of the molecule is CCCCCCCCCCCC(=O)N[C@@H](C)C(=O)N[C@H](CCC(=O)C(N)(CSCC(NC(=O)CNC(=O)OC(C)(C)C)C(N)=O)C(=O)O)C(N)=O. The first-order valence-corrected chi connectivity index (χ1v) is 18.5. The molecule has 11 N–H and O–H groups in total. The van der Waals surface area contributed by atoms with Crippen molar-refractivity contribution in [3.8, 4) is 0 Å². The molecule has 0 aromatic heterocycles. The van der Waals surface area contributed by atoms with Crippen LogP contribution >= 0.6 is 11.8 Å². The van der Waals surface area contributed by atoms with Crippen LogP contribution in [0.1, 0.15) is 112 Å². The van der Waals surface area contributed by atoms with Crippen LogP contribution < -0.4 is 38.5 Å². The van der Waals surface area contributed by atoms with Crippen molar-refractivity contribution in [1.29, 1.82) is 0 Å². The van der Waals surface area contributed by atoms with Crippen LogP contribution in [0.2, 0.25) is 0 Å². The number of nitrogens with one attached hydrogen (secondary N) is 4. The highest BCUT2D eigenvalue weighted by Crippen LogP contribution is 2.18. The number of carbonyl (C=O) groups is 8. The average molecular weight is 746 g/mol. The lowest BCUT2D eigenvalue weighted by molar-refractivity contribution is -0.147. The molecular formula is C33H59N7O10S. The molecule has 18 heteroatoms. The summed E-state index contributed by atoms with van der Waals surface area (Å²) in [4.78, 5) is 98.0. The number of rotatable bonds is 27. The van der Waals surface area contributed by atoms with E-state index in [0.29, 0.717) is 6.42 Å². The summed E-state index contributed by atoms with van der Waals surface area (Å²) >= 11 is 0.745. The van der Waals surface area contributed by atoms with Gasteiger partial charge in [0.05, 0.1) is 0 Å². The molecule has 0 aliphatic rings. The number of Topliss-reactive ketones (excluding diaryl/α,β-unsaturated/α-hetero) is 1. The summed E-state index contributed by atoms with van der Waals surface area (Å²) in [6.07, 6.45) is 8.23. The molecule has 0 rings (SSSR count). The Morgan fingerprint density at radius 1 is 0.765 bits per heavy atom. The molecule has 2 unspecified atom stereocenters. The Morgan fingerprint density at radius 2 is 1.31 bits per heavy atom. The number of carboxylic acid groups (broad SMARTS) is 1. The van der Waals surface area contributed by atoms with Crippen LogP contribution in [0.4, 0.5) is 4.79 Å². The van der Waals surface area contributed by atoms with Gasteiger partial charge in [-0.2, -0.15) is 11.8 Å². The molecule has 0 aliphatic heterocycles. The van der Waals surface area contributed by atoms with E-state index >= 15 is 0 Å². The zero-order chi connectivity index (χ0) is 39.2. The minimum atomic E-state index is -2.47. The third-order valence-corrected chi connectivity index (χ3v) is 8.79. The quantitative estimate of drug-likeness (QED) is 0.0427. The van der Waals surface area contributed by atoms with Crippen molar-refractivity contribution >= 4 is 59.1 Å². The summed E-state index contributed by atoms with van der Waals surface area (Å²) in [5.74, 6) is -7.29. The van der Waals surface area contributed by atoms with Crippen molar-refractivity contribution in [3.63, 3.8) is 0 Å². The van der Waals surface area contributed by atoms with Gasteiger partial charge in [-0.3, -0.25) is 28.8 Å². The summed E-state index contributed by atoms with van der Waals surface area (Å²) < 4.78 is 5.02. The van der Waals surface area contributed by atoms with Crippen molar-refractivity contribution in [2.24, 2.45) is 17.2 Å². The Hall–Kier alpha value is -3.93. The van der Waals surface area contributed by atoms with Crippen molar-refractivity contribution in [3.05, 3.63) is 0 Å². The molecule has 17 nitrogen and oxygen atoms in total. The van der Waals surface area contributed by atoms with Gasteiger partial charge in [-0.15, -0.1) is 0 Å². The van der Waals surface area contributed by atoms with Gasteiger partial charge in [0.15, 0.2) is 11.3 Å². The third-order valence-electron chi connectivity index (χ3n) is 7.56. The second-order valence-electron chi connectivity index (χ2n) is 13.5. The van der Waals surface area contributed by atoms with Crippen LogP contribution in [0.25, 0.3) is 0 Å². The van der Waals surface area contributed by atoms with E-state index in [2.05, 4.69) is 28.2 Å². The number of ketones is 1. The van der Waals surface area contributed by atoms with E-state index in [1.54, 1.807) is 20.8 Å². The number of alkyl carbamates (subject to hydrolysis) is 1. The Kier molecular flexibility index (Phi) is 22.4. The largest absolute Gasteiger partial charge is 0.480 e. The first kappa shape index (κ1) is 47.1. The monoisotopic (exact) mass is 745 g/mol. The predicted molar refractivity (Wildman–Crippen MR) is 192 cm³/mol. The lowest BCUT2D eigenvalue weighted by atomic mass is 9.92. The van der Waals surface area contributed by atoms with Crippen LogP contribution in [-0.4, -0.2) is 99.8 Å². The van der Waals surface area contributed by atoms with E-state index in [1.807, 2.05) is 0 Å². The van der Waals surface area contributed by atoms with Crippen LogP contribution in [0.5, 0.6) is 0 Å². The number of ether oxygens (including phenoxy) is 1. The highest BCUT2D eigenvalue weighted by molar-refractivity contribution is 7.99. The number of unbranched alkanes of at least 4 members (excludes halogenated alkanes) is 8. The highest BCUT2D eigenvalue weighted by atomic mass is 32.2. The molecule has 0 aromatic carbocycles. The number of thioether (sulfide) groups is 1. The topological polar surface area (TPSA) is 292 Å². The zero-order valence-corrected chi connectivity index (χ0v) is 31.4. The molecule has 0 radical (unpaired) electrons. The van der Waals surface area contributed by atoms with E-state index in [0.717, 1.165) is 31.0 Å². The fourth-order valence-corrected chi connectivity index (χ4v) is 5.77. The van der Waals surface area contributed by atoms with E-state index < -0.39 is 89.5 Å². The first-order valence-electron chi connectivity index (χ1n) is 17.3. The Bertz CT molecular complexity index is 1200. The number of hydrogen-bond acceptors (Lipinski definition) is 11. The van der Waals surface area contributed by atoms with Gasteiger partial charge in [-0.25, -0.2) is 9.59 Å². The van der Waals surface area contributed by atoms with E-state index in [4.69, 9.17) is 21.9 Å². The van der Waals surface area contributed by atoms with Gasteiger partial charge in [0.2, 0.25) is 29.5 Å². The van der Waals surface area contributed by atoms with Crippen molar-refractivity contribution in [1.82, 2.24) is 21.3 Å². The predicted octanol–water partition coefficient (Wildman–Crippen LogP) is 0.742. The molecule has 4 atom stereocenters. The summed E-state index contributed by atoms with van der Waals surface area (Å²) in [6.45, 7) is 7.95. The smallest absolute Gasteiger partial charge is 0.408 e. The van der Waals surface area contributed by atoms with Crippen LogP contribution in [0.15, 0.2) is 0 Å². The summed E-state index contributed by atoms with van der Waals surface area (Å²) in [7, 11) is 0. The summed E-state index contributed by atoms with van der Waals surface area (Å²) in [5.41, 5.74) is 13.4.